The quantitative estimate of drug-likeness (QED) is 0.481. The summed E-state index contributed by atoms with van der Waals surface area (Å²) in [6.07, 6.45) is 1.04. The molecule has 0 N–H and O–H groups in total. The first-order valence-electron chi connectivity index (χ1n) is 10.5. The highest BCUT2D eigenvalue weighted by Crippen LogP contribution is 2.52. The first-order chi connectivity index (χ1) is 12.6. The second kappa shape index (κ2) is 7.89. The summed E-state index contributed by atoms with van der Waals surface area (Å²) in [5.41, 5.74) is 3.86. The van der Waals surface area contributed by atoms with Crippen molar-refractivity contribution in [3.8, 4) is 5.75 Å². The molecule has 0 atom stereocenters. The zero-order valence-electron chi connectivity index (χ0n) is 19.9. The van der Waals surface area contributed by atoms with Crippen molar-refractivity contribution in [3.05, 3.63) is 28.8 Å². The largest absolute Gasteiger partial charge is 0.426 e. The zero-order chi connectivity index (χ0) is 21.5. The van der Waals surface area contributed by atoms with Crippen molar-refractivity contribution in [2.24, 2.45) is 5.41 Å². The van der Waals surface area contributed by atoms with Gasteiger partial charge in [-0.25, -0.2) is 0 Å². The summed E-state index contributed by atoms with van der Waals surface area (Å²) in [6.45, 7) is 26.1. The molecule has 3 nitrogen and oxygen atoms in total. The van der Waals surface area contributed by atoms with Gasteiger partial charge < -0.3 is 13.6 Å². The van der Waals surface area contributed by atoms with Crippen molar-refractivity contribution in [1.29, 1.82) is 0 Å². The Morgan fingerprint density at radius 1 is 0.857 bits per heavy atom. The predicted octanol–water partition coefficient (Wildman–Crippen LogP) is 7.65. The van der Waals surface area contributed by atoms with Crippen molar-refractivity contribution in [3.63, 3.8) is 0 Å². The molecule has 0 saturated carbocycles. The maximum absolute atomic E-state index is 6.50. The molecule has 4 heteroatoms. The average Bonchev–Trinajstić information content (AvgIpc) is 2.54. The van der Waals surface area contributed by atoms with Gasteiger partial charge in [0.1, 0.15) is 5.75 Å². The van der Waals surface area contributed by atoms with E-state index in [0.717, 1.165) is 12.2 Å². The summed E-state index contributed by atoms with van der Waals surface area (Å²) in [5, 5.41) is 0. The van der Waals surface area contributed by atoms with Crippen LogP contribution >= 0.6 is 8.60 Å². The van der Waals surface area contributed by atoms with Crippen molar-refractivity contribution in [1.82, 2.24) is 0 Å². The molecule has 160 valence electrons. The second-order valence-corrected chi connectivity index (χ2v) is 12.8. The Balaban J connectivity index is 2.52. The standard InChI is InChI=1S/C24H41O3P/c1-12-24(11)15-25-28(26-16-24)27-20-18(22(5,6)7)13-17(21(2,3)4)14-19(20)23(8,9)10/h13-14H,12,15-16H2,1-11H3. The van der Waals surface area contributed by atoms with Gasteiger partial charge in [-0.1, -0.05) is 88.3 Å². The number of hydrogen-bond acceptors (Lipinski definition) is 3. The molecule has 0 aromatic heterocycles. The van der Waals surface area contributed by atoms with E-state index in [1.165, 1.54) is 16.7 Å². The third-order valence-corrected chi connectivity index (χ3v) is 6.64. The molecule has 2 rings (SSSR count). The van der Waals surface area contributed by atoms with Crippen molar-refractivity contribution in [2.75, 3.05) is 13.2 Å². The van der Waals surface area contributed by atoms with Crippen LogP contribution in [0.15, 0.2) is 12.1 Å². The molecule has 1 saturated heterocycles. The lowest BCUT2D eigenvalue weighted by Gasteiger charge is -2.37. The summed E-state index contributed by atoms with van der Waals surface area (Å²) < 4.78 is 18.6. The van der Waals surface area contributed by atoms with Crippen LogP contribution < -0.4 is 4.52 Å². The molecular formula is C24H41O3P. The lowest BCUT2D eigenvalue weighted by atomic mass is 9.75. The minimum absolute atomic E-state index is 0.0420. The second-order valence-electron chi connectivity index (χ2n) is 11.7. The van der Waals surface area contributed by atoms with Crippen LogP contribution in [0.3, 0.4) is 0 Å². The third kappa shape index (κ3) is 5.49. The summed E-state index contributed by atoms with van der Waals surface area (Å²) >= 11 is 0. The van der Waals surface area contributed by atoms with E-state index >= 15 is 0 Å². The van der Waals surface area contributed by atoms with Gasteiger partial charge in [-0.05, 0) is 28.2 Å². The van der Waals surface area contributed by atoms with E-state index in [0.29, 0.717) is 13.2 Å². The zero-order valence-corrected chi connectivity index (χ0v) is 20.8. The average molecular weight is 409 g/mol. The molecule has 1 aromatic carbocycles. The SMILES string of the molecule is CCC1(C)COP(Oc2c(C(C)(C)C)cc(C(C)(C)C)cc2C(C)(C)C)OC1. The highest BCUT2D eigenvalue weighted by molar-refractivity contribution is 7.42. The van der Waals surface area contributed by atoms with Gasteiger partial charge >= 0.3 is 8.60 Å². The highest BCUT2D eigenvalue weighted by Gasteiger charge is 2.37. The van der Waals surface area contributed by atoms with Crippen molar-refractivity contribution < 1.29 is 13.6 Å². The summed E-state index contributed by atoms with van der Waals surface area (Å²) in [6, 6.07) is 4.64. The Bertz CT molecular complexity index is 646. The highest BCUT2D eigenvalue weighted by atomic mass is 31.2. The predicted molar refractivity (Wildman–Crippen MR) is 120 cm³/mol. The Kier molecular flexibility index (Phi) is 6.67. The molecule has 1 aliphatic heterocycles. The van der Waals surface area contributed by atoms with Gasteiger partial charge in [0.15, 0.2) is 0 Å². The minimum Gasteiger partial charge on any atom is -0.426 e. The first kappa shape index (κ1) is 23.6. The molecule has 0 amide bonds. The van der Waals surface area contributed by atoms with Gasteiger partial charge in [-0.2, -0.15) is 0 Å². The van der Waals surface area contributed by atoms with Crippen molar-refractivity contribution in [2.45, 2.75) is 98.8 Å². The van der Waals surface area contributed by atoms with Crippen LogP contribution in [0, 0.1) is 5.41 Å². The Morgan fingerprint density at radius 3 is 1.61 bits per heavy atom. The monoisotopic (exact) mass is 408 g/mol. The van der Waals surface area contributed by atoms with Crippen LogP contribution in [0.2, 0.25) is 0 Å². The van der Waals surface area contributed by atoms with E-state index in [1.54, 1.807) is 0 Å². The molecule has 0 aliphatic carbocycles. The normalized spacial score (nSPS) is 24.3. The third-order valence-electron chi connectivity index (χ3n) is 5.63. The lowest BCUT2D eigenvalue weighted by molar-refractivity contribution is 0.0277. The van der Waals surface area contributed by atoms with Crippen LogP contribution in [-0.4, -0.2) is 13.2 Å². The fourth-order valence-corrected chi connectivity index (χ4v) is 4.46. The van der Waals surface area contributed by atoms with Crippen LogP contribution in [-0.2, 0) is 25.3 Å². The maximum atomic E-state index is 6.50. The molecule has 1 fully saturated rings. The van der Waals surface area contributed by atoms with E-state index < -0.39 is 8.60 Å². The molecule has 1 aliphatic rings. The number of hydrogen-bond donors (Lipinski definition) is 0. The van der Waals surface area contributed by atoms with E-state index in [2.05, 4.69) is 88.3 Å². The summed E-state index contributed by atoms with van der Waals surface area (Å²) in [4.78, 5) is 0. The maximum Gasteiger partial charge on any atom is 0.397 e. The summed E-state index contributed by atoms with van der Waals surface area (Å²) in [7, 11) is -1.38. The van der Waals surface area contributed by atoms with Gasteiger partial charge in [0.2, 0.25) is 0 Å². The Morgan fingerprint density at radius 2 is 1.29 bits per heavy atom. The first-order valence-corrected chi connectivity index (χ1v) is 11.6. The van der Waals surface area contributed by atoms with Crippen LogP contribution in [0.1, 0.15) is 99.3 Å². The van der Waals surface area contributed by atoms with Gasteiger partial charge in [-0.15, -0.1) is 0 Å². The fourth-order valence-electron chi connectivity index (χ4n) is 3.10. The van der Waals surface area contributed by atoms with Gasteiger partial charge in [0.05, 0.1) is 13.2 Å². The number of rotatable bonds is 3. The lowest BCUT2D eigenvalue weighted by Crippen LogP contribution is -2.32. The van der Waals surface area contributed by atoms with E-state index in [4.69, 9.17) is 13.6 Å². The molecule has 0 spiro atoms. The molecule has 0 radical (unpaired) electrons. The number of benzene rings is 1. The van der Waals surface area contributed by atoms with E-state index in [9.17, 15) is 0 Å². The van der Waals surface area contributed by atoms with Crippen molar-refractivity contribution >= 4 is 8.60 Å². The molecule has 0 bridgehead atoms. The Labute approximate surface area is 174 Å². The van der Waals surface area contributed by atoms with E-state index in [-0.39, 0.29) is 21.7 Å². The fraction of sp³-hybridized carbons (Fsp3) is 0.750. The molecular weight excluding hydrogens is 367 g/mol. The molecule has 0 unspecified atom stereocenters. The summed E-state index contributed by atoms with van der Waals surface area (Å²) in [5.74, 6) is 0.944. The molecule has 1 aromatic rings. The van der Waals surface area contributed by atoms with Gasteiger partial charge in [0, 0.05) is 16.5 Å². The van der Waals surface area contributed by atoms with E-state index in [1.807, 2.05) is 0 Å². The van der Waals surface area contributed by atoms with Crippen LogP contribution in [0.5, 0.6) is 5.75 Å². The van der Waals surface area contributed by atoms with Gasteiger partial charge in [-0.3, -0.25) is 0 Å². The smallest absolute Gasteiger partial charge is 0.397 e. The molecule has 1 heterocycles. The molecule has 28 heavy (non-hydrogen) atoms. The van der Waals surface area contributed by atoms with Crippen LogP contribution in [0.25, 0.3) is 0 Å². The topological polar surface area (TPSA) is 27.7 Å². The minimum atomic E-state index is -1.38. The van der Waals surface area contributed by atoms with Gasteiger partial charge in [0.25, 0.3) is 0 Å². The Hall–Kier alpha value is -0.630. The van der Waals surface area contributed by atoms with Crippen LogP contribution in [0.4, 0.5) is 0 Å².